The predicted octanol–water partition coefficient (Wildman–Crippen LogP) is 3.19. The van der Waals surface area contributed by atoms with Crippen LogP contribution in [-0.2, 0) is 4.74 Å². The summed E-state index contributed by atoms with van der Waals surface area (Å²) in [7, 11) is 1.71. The maximum Gasteiger partial charge on any atom is 0.270 e. The highest BCUT2D eigenvalue weighted by atomic mass is 35.5. The van der Waals surface area contributed by atoms with Gasteiger partial charge in [-0.3, -0.25) is 4.79 Å². The van der Waals surface area contributed by atoms with Crippen molar-refractivity contribution in [3.63, 3.8) is 0 Å². The summed E-state index contributed by atoms with van der Waals surface area (Å²) in [5.41, 5.74) is 1.09. The molecular weight excluding hydrogens is 288 g/mol. The van der Waals surface area contributed by atoms with Crippen molar-refractivity contribution in [1.29, 1.82) is 0 Å². The van der Waals surface area contributed by atoms with Gasteiger partial charge in [0.25, 0.3) is 5.91 Å². The van der Waals surface area contributed by atoms with Crippen LogP contribution >= 0.6 is 11.6 Å². The normalized spacial score (nSPS) is 21.6. The van der Waals surface area contributed by atoms with E-state index in [9.17, 15) is 4.79 Å². The topological polar surface area (TPSA) is 51.2 Å². The molecule has 2 aromatic rings. The molecule has 0 aliphatic heterocycles. The van der Waals surface area contributed by atoms with Crippen molar-refractivity contribution in [1.82, 2.24) is 10.3 Å². The van der Waals surface area contributed by atoms with Gasteiger partial charge >= 0.3 is 0 Å². The highest BCUT2D eigenvalue weighted by Crippen LogP contribution is 2.24. The molecule has 110 valence electrons. The zero-order valence-corrected chi connectivity index (χ0v) is 12.6. The first-order valence-corrected chi connectivity index (χ1v) is 7.44. The number of hydrogen-bond donors (Lipinski definition) is 1. The van der Waals surface area contributed by atoms with Crippen molar-refractivity contribution in [2.24, 2.45) is 0 Å². The Bertz CT molecular complexity index is 674. The molecule has 1 aromatic heterocycles. The summed E-state index contributed by atoms with van der Waals surface area (Å²) in [6.07, 6.45) is 3.01. The first-order valence-electron chi connectivity index (χ1n) is 7.06. The van der Waals surface area contributed by atoms with Crippen LogP contribution in [0.3, 0.4) is 0 Å². The molecule has 2 atom stereocenters. The van der Waals surface area contributed by atoms with E-state index in [1.807, 2.05) is 24.3 Å². The number of ether oxygens (including phenoxy) is 1. The lowest BCUT2D eigenvalue weighted by Crippen LogP contribution is -2.33. The molecular formula is C16H17ClN2O2. The molecule has 1 heterocycles. The maximum absolute atomic E-state index is 12.3. The lowest BCUT2D eigenvalue weighted by molar-refractivity contribution is 0.0911. The number of hydrogen-bond acceptors (Lipinski definition) is 3. The highest BCUT2D eigenvalue weighted by Gasteiger charge is 2.26. The Morgan fingerprint density at radius 1 is 1.38 bits per heavy atom. The Morgan fingerprint density at radius 2 is 2.19 bits per heavy atom. The molecule has 1 aliphatic rings. The summed E-state index contributed by atoms with van der Waals surface area (Å²) >= 11 is 6.23. The fraction of sp³-hybridized carbons (Fsp3) is 0.375. The van der Waals surface area contributed by atoms with Gasteiger partial charge in [-0.05, 0) is 31.4 Å². The van der Waals surface area contributed by atoms with Crippen LogP contribution in [-0.4, -0.2) is 30.1 Å². The van der Waals surface area contributed by atoms with E-state index in [0.29, 0.717) is 10.7 Å². The molecule has 5 heteroatoms. The molecule has 1 fully saturated rings. The fourth-order valence-corrected chi connectivity index (χ4v) is 3.06. The van der Waals surface area contributed by atoms with E-state index < -0.39 is 0 Å². The quantitative estimate of drug-likeness (QED) is 0.947. The molecule has 1 N–H and O–H groups in total. The highest BCUT2D eigenvalue weighted by molar-refractivity contribution is 6.35. The summed E-state index contributed by atoms with van der Waals surface area (Å²) in [5.74, 6) is -0.176. The standard InChI is InChI=1S/C16H17ClN2O2/c1-21-11-7-6-10(8-11)18-16(20)15-9-13(17)12-4-2-3-5-14(12)19-15/h2-5,9-11H,6-8H2,1H3,(H,18,20). The first-order chi connectivity index (χ1) is 10.2. The molecule has 1 aliphatic carbocycles. The van der Waals surface area contributed by atoms with E-state index in [1.54, 1.807) is 13.2 Å². The summed E-state index contributed by atoms with van der Waals surface area (Å²) in [4.78, 5) is 16.7. The predicted molar refractivity (Wildman–Crippen MR) is 82.7 cm³/mol. The van der Waals surface area contributed by atoms with Gasteiger partial charge < -0.3 is 10.1 Å². The van der Waals surface area contributed by atoms with Gasteiger partial charge in [-0.1, -0.05) is 29.8 Å². The lowest BCUT2D eigenvalue weighted by atomic mass is 10.2. The number of aromatic nitrogens is 1. The number of methoxy groups -OCH3 is 1. The van der Waals surface area contributed by atoms with Crippen LogP contribution in [0, 0.1) is 0 Å². The summed E-state index contributed by atoms with van der Waals surface area (Å²) in [6, 6.07) is 9.31. The number of nitrogens with one attached hydrogen (secondary N) is 1. The molecule has 1 aromatic carbocycles. The largest absolute Gasteiger partial charge is 0.381 e. The number of para-hydroxylation sites is 1. The Balaban J connectivity index is 1.79. The minimum absolute atomic E-state index is 0.148. The van der Waals surface area contributed by atoms with Gasteiger partial charge in [-0.2, -0.15) is 0 Å². The van der Waals surface area contributed by atoms with Gasteiger partial charge in [0.1, 0.15) is 5.69 Å². The molecule has 0 spiro atoms. The molecule has 3 rings (SSSR count). The second kappa shape index (κ2) is 6.00. The monoisotopic (exact) mass is 304 g/mol. The van der Waals surface area contributed by atoms with Gasteiger partial charge in [0.2, 0.25) is 0 Å². The minimum Gasteiger partial charge on any atom is -0.381 e. The zero-order valence-electron chi connectivity index (χ0n) is 11.8. The molecule has 0 radical (unpaired) electrons. The molecule has 0 bridgehead atoms. The molecule has 4 nitrogen and oxygen atoms in total. The van der Waals surface area contributed by atoms with E-state index >= 15 is 0 Å². The third-order valence-corrected chi connectivity index (χ3v) is 4.26. The van der Waals surface area contributed by atoms with Crippen molar-refractivity contribution in [3.05, 3.63) is 41.0 Å². The number of carbonyl (C=O) groups is 1. The fourth-order valence-electron chi connectivity index (χ4n) is 2.79. The number of rotatable bonds is 3. The minimum atomic E-state index is -0.176. The average molecular weight is 305 g/mol. The molecule has 1 amide bonds. The summed E-state index contributed by atoms with van der Waals surface area (Å²) < 4.78 is 5.32. The number of pyridine rings is 1. The Kier molecular flexibility index (Phi) is 4.08. The number of nitrogens with zero attached hydrogens (tertiary/aromatic N) is 1. The van der Waals surface area contributed by atoms with Crippen LogP contribution in [0.2, 0.25) is 5.02 Å². The summed E-state index contributed by atoms with van der Waals surface area (Å²) in [6.45, 7) is 0. The van der Waals surface area contributed by atoms with Crippen molar-refractivity contribution in [2.75, 3.05) is 7.11 Å². The first kappa shape index (κ1) is 14.3. The number of fused-ring (bicyclic) bond motifs is 1. The Labute approximate surface area is 128 Å². The van der Waals surface area contributed by atoms with Crippen LogP contribution < -0.4 is 5.32 Å². The van der Waals surface area contributed by atoms with Crippen LogP contribution in [0.15, 0.2) is 30.3 Å². The van der Waals surface area contributed by atoms with Crippen LogP contribution in [0.4, 0.5) is 0 Å². The third-order valence-electron chi connectivity index (χ3n) is 3.95. The van der Waals surface area contributed by atoms with E-state index in [1.165, 1.54) is 0 Å². The molecule has 1 saturated carbocycles. The number of carbonyl (C=O) groups excluding carboxylic acids is 1. The van der Waals surface area contributed by atoms with Crippen LogP contribution in [0.5, 0.6) is 0 Å². The van der Waals surface area contributed by atoms with Crippen molar-refractivity contribution in [2.45, 2.75) is 31.4 Å². The third kappa shape index (κ3) is 3.01. The van der Waals surface area contributed by atoms with Crippen molar-refractivity contribution in [3.8, 4) is 0 Å². The van der Waals surface area contributed by atoms with E-state index in [-0.39, 0.29) is 18.1 Å². The van der Waals surface area contributed by atoms with E-state index in [2.05, 4.69) is 10.3 Å². The van der Waals surface area contributed by atoms with Crippen molar-refractivity contribution >= 4 is 28.4 Å². The van der Waals surface area contributed by atoms with Crippen LogP contribution in [0.1, 0.15) is 29.8 Å². The summed E-state index contributed by atoms with van der Waals surface area (Å²) in [5, 5.41) is 4.42. The van der Waals surface area contributed by atoms with E-state index in [4.69, 9.17) is 16.3 Å². The van der Waals surface area contributed by atoms with Crippen molar-refractivity contribution < 1.29 is 9.53 Å². The van der Waals surface area contributed by atoms with E-state index in [0.717, 1.165) is 30.2 Å². The smallest absolute Gasteiger partial charge is 0.270 e. The maximum atomic E-state index is 12.3. The second-order valence-corrected chi connectivity index (χ2v) is 5.75. The molecule has 0 saturated heterocycles. The van der Waals surface area contributed by atoms with Gasteiger partial charge in [0, 0.05) is 18.5 Å². The van der Waals surface area contributed by atoms with Gasteiger partial charge in [-0.15, -0.1) is 0 Å². The van der Waals surface area contributed by atoms with Gasteiger partial charge in [0.05, 0.1) is 16.6 Å². The van der Waals surface area contributed by atoms with Gasteiger partial charge in [-0.25, -0.2) is 4.98 Å². The number of halogens is 1. The lowest BCUT2D eigenvalue weighted by Gasteiger charge is -2.13. The number of benzene rings is 1. The second-order valence-electron chi connectivity index (χ2n) is 5.35. The molecule has 21 heavy (non-hydrogen) atoms. The molecule has 2 unspecified atom stereocenters. The average Bonchev–Trinajstić information content (AvgIpc) is 2.95. The zero-order chi connectivity index (χ0) is 14.8. The van der Waals surface area contributed by atoms with Crippen LogP contribution in [0.25, 0.3) is 10.9 Å². The Morgan fingerprint density at radius 3 is 2.95 bits per heavy atom. The Hall–Kier alpha value is -1.65. The number of amides is 1. The SMILES string of the molecule is COC1CCC(NC(=O)c2cc(Cl)c3ccccc3n2)C1. The van der Waals surface area contributed by atoms with Gasteiger partial charge in [0.15, 0.2) is 0 Å².